The molecule has 0 aliphatic rings. The van der Waals surface area contributed by atoms with Crippen molar-refractivity contribution in [2.45, 2.75) is 39.3 Å². The fourth-order valence-corrected chi connectivity index (χ4v) is 3.05. The minimum atomic E-state index is -0.161. The van der Waals surface area contributed by atoms with Crippen molar-refractivity contribution < 1.29 is 14.3 Å². The fourth-order valence-electron chi connectivity index (χ4n) is 3.05. The van der Waals surface area contributed by atoms with E-state index in [0.29, 0.717) is 24.6 Å². The summed E-state index contributed by atoms with van der Waals surface area (Å²) in [6.07, 6.45) is 2.02. The molecule has 0 heterocycles. The lowest BCUT2D eigenvalue weighted by Gasteiger charge is -2.18. The second-order valence-corrected chi connectivity index (χ2v) is 7.22. The van der Waals surface area contributed by atoms with Crippen LogP contribution in [0.2, 0.25) is 0 Å². The highest BCUT2D eigenvalue weighted by Gasteiger charge is 2.10. The summed E-state index contributed by atoms with van der Waals surface area (Å²) in [6, 6.07) is 16.4. The lowest BCUT2D eigenvalue weighted by Crippen LogP contribution is -2.42. The average Bonchev–Trinajstić information content (AvgIpc) is 2.80. The quantitative estimate of drug-likeness (QED) is 0.380. The van der Waals surface area contributed by atoms with Gasteiger partial charge in [0, 0.05) is 26.2 Å². The normalized spacial score (nSPS) is 12.1. The van der Waals surface area contributed by atoms with Crippen LogP contribution in [-0.2, 0) is 17.8 Å². The average molecular weight is 427 g/mol. The Hall–Kier alpha value is -3.22. The van der Waals surface area contributed by atoms with Crippen molar-refractivity contribution in [2.24, 2.45) is 4.99 Å². The maximum atomic E-state index is 11.6. The Kier molecular flexibility index (Phi) is 10.2. The maximum Gasteiger partial charge on any atom is 0.257 e. The smallest absolute Gasteiger partial charge is 0.257 e. The number of aliphatic imine (C=N–C) groups is 1. The van der Waals surface area contributed by atoms with Crippen LogP contribution >= 0.6 is 0 Å². The van der Waals surface area contributed by atoms with Gasteiger partial charge in [-0.1, -0.05) is 36.4 Å². The van der Waals surface area contributed by atoms with Gasteiger partial charge in [-0.15, -0.1) is 0 Å². The number of benzene rings is 2. The third kappa shape index (κ3) is 8.58. The number of hydrogen-bond donors (Lipinski definition) is 3. The van der Waals surface area contributed by atoms with Crippen molar-refractivity contribution in [3.8, 4) is 11.5 Å². The second kappa shape index (κ2) is 13.2. The molecule has 3 N–H and O–H groups in total. The van der Waals surface area contributed by atoms with Gasteiger partial charge in [-0.3, -0.25) is 9.79 Å². The Morgan fingerprint density at radius 3 is 2.52 bits per heavy atom. The molecule has 31 heavy (non-hydrogen) atoms. The molecule has 168 valence electrons. The summed E-state index contributed by atoms with van der Waals surface area (Å²) in [4.78, 5) is 15.9. The zero-order valence-corrected chi connectivity index (χ0v) is 18.9. The Morgan fingerprint density at radius 2 is 1.84 bits per heavy atom. The zero-order valence-electron chi connectivity index (χ0n) is 18.9. The molecule has 7 heteroatoms. The third-order valence-electron chi connectivity index (χ3n) is 4.74. The Labute approximate surface area is 185 Å². The van der Waals surface area contributed by atoms with E-state index in [9.17, 15) is 4.79 Å². The summed E-state index contributed by atoms with van der Waals surface area (Å²) in [5.74, 6) is 1.71. The molecule has 0 radical (unpaired) electrons. The van der Waals surface area contributed by atoms with Crippen LogP contribution in [0.5, 0.6) is 11.5 Å². The van der Waals surface area contributed by atoms with Gasteiger partial charge in [-0.2, -0.15) is 0 Å². The number of ether oxygens (including phenoxy) is 2. The fraction of sp³-hybridized carbons (Fsp3) is 0.417. The summed E-state index contributed by atoms with van der Waals surface area (Å²) in [5.41, 5.74) is 2.35. The van der Waals surface area contributed by atoms with Crippen molar-refractivity contribution in [1.82, 2.24) is 16.0 Å². The number of methoxy groups -OCH3 is 1. The monoisotopic (exact) mass is 426 g/mol. The first-order chi connectivity index (χ1) is 15.0. The molecule has 0 fully saturated rings. The number of carbonyl (C=O) groups is 1. The van der Waals surface area contributed by atoms with Crippen molar-refractivity contribution in [2.75, 3.05) is 27.3 Å². The number of likely N-dealkylation sites (N-methyl/N-ethyl adjacent to an activating group) is 1. The number of hydrogen-bond acceptors (Lipinski definition) is 4. The number of nitrogens with one attached hydrogen (secondary N) is 3. The molecule has 0 saturated heterocycles. The highest BCUT2D eigenvalue weighted by Crippen LogP contribution is 2.28. The van der Waals surface area contributed by atoms with Crippen LogP contribution < -0.4 is 25.4 Å². The second-order valence-electron chi connectivity index (χ2n) is 7.22. The molecule has 2 rings (SSSR count). The van der Waals surface area contributed by atoms with Crippen molar-refractivity contribution in [1.29, 1.82) is 0 Å². The summed E-state index contributed by atoms with van der Waals surface area (Å²) in [5, 5.41) is 9.46. The van der Waals surface area contributed by atoms with Crippen LogP contribution in [0.1, 0.15) is 31.4 Å². The summed E-state index contributed by atoms with van der Waals surface area (Å²) < 4.78 is 11.0. The molecular formula is C24H34N4O3. The van der Waals surface area contributed by atoms with Gasteiger partial charge in [0.15, 0.2) is 24.1 Å². The Bertz CT molecular complexity index is 840. The predicted octanol–water partition coefficient (Wildman–Crippen LogP) is 2.90. The lowest BCUT2D eigenvalue weighted by atomic mass is 10.1. The first kappa shape index (κ1) is 24.1. The van der Waals surface area contributed by atoms with Crippen LogP contribution in [0.3, 0.4) is 0 Å². The number of aryl methyl sites for hydroxylation is 1. The van der Waals surface area contributed by atoms with Crippen LogP contribution in [0, 0.1) is 0 Å². The molecule has 0 bridgehead atoms. The summed E-state index contributed by atoms with van der Waals surface area (Å²) >= 11 is 0. The lowest BCUT2D eigenvalue weighted by molar-refractivity contribution is -0.123. The van der Waals surface area contributed by atoms with Gasteiger partial charge < -0.3 is 25.4 Å². The van der Waals surface area contributed by atoms with E-state index >= 15 is 0 Å². The molecule has 1 atom stereocenters. The van der Waals surface area contributed by atoms with Gasteiger partial charge in [-0.05, 0) is 49.9 Å². The van der Waals surface area contributed by atoms with Crippen LogP contribution in [0.4, 0.5) is 0 Å². The third-order valence-corrected chi connectivity index (χ3v) is 4.74. The largest absolute Gasteiger partial charge is 0.493 e. The number of amides is 1. The summed E-state index contributed by atoms with van der Waals surface area (Å²) in [7, 11) is 3.35. The van der Waals surface area contributed by atoms with E-state index in [-0.39, 0.29) is 18.6 Å². The topological polar surface area (TPSA) is 84.0 Å². The van der Waals surface area contributed by atoms with E-state index in [4.69, 9.17) is 9.47 Å². The number of nitrogens with zero attached hydrogens (tertiary/aromatic N) is 1. The molecular weight excluding hydrogens is 392 g/mol. The van der Waals surface area contributed by atoms with E-state index in [1.807, 2.05) is 31.2 Å². The highest BCUT2D eigenvalue weighted by molar-refractivity contribution is 5.80. The van der Waals surface area contributed by atoms with Gasteiger partial charge in [-0.25, -0.2) is 0 Å². The van der Waals surface area contributed by atoms with Gasteiger partial charge in [0.25, 0.3) is 5.91 Å². The standard InChI is InChI=1S/C24H34N4O3/c1-5-26-23(29)17-31-21-14-13-20(15-22(21)30-4)16-27-24(25-3)28-18(2)11-12-19-9-7-6-8-10-19/h6-10,13-15,18H,5,11-12,16-17H2,1-4H3,(H,26,29)(H2,25,27,28). The van der Waals surface area contributed by atoms with Gasteiger partial charge in [0.05, 0.1) is 7.11 Å². The first-order valence-electron chi connectivity index (χ1n) is 10.6. The molecule has 1 amide bonds. The van der Waals surface area contributed by atoms with Gasteiger partial charge in [0.1, 0.15) is 0 Å². The van der Waals surface area contributed by atoms with E-state index in [0.717, 1.165) is 24.4 Å². The molecule has 7 nitrogen and oxygen atoms in total. The van der Waals surface area contributed by atoms with E-state index in [1.54, 1.807) is 14.2 Å². The molecule has 1 unspecified atom stereocenters. The minimum absolute atomic E-state index is 0.0424. The molecule has 0 aromatic heterocycles. The molecule has 0 saturated carbocycles. The SMILES string of the molecule is CCNC(=O)COc1ccc(CNC(=NC)NC(C)CCc2ccccc2)cc1OC. The molecule has 2 aromatic rings. The maximum absolute atomic E-state index is 11.6. The van der Waals surface area contributed by atoms with Crippen molar-refractivity contribution in [3.05, 3.63) is 59.7 Å². The van der Waals surface area contributed by atoms with Crippen LogP contribution in [-0.4, -0.2) is 45.2 Å². The van der Waals surface area contributed by atoms with Crippen LogP contribution in [0.25, 0.3) is 0 Å². The highest BCUT2D eigenvalue weighted by atomic mass is 16.5. The number of rotatable bonds is 11. The molecule has 0 aliphatic heterocycles. The zero-order chi connectivity index (χ0) is 22.5. The first-order valence-corrected chi connectivity index (χ1v) is 10.6. The van der Waals surface area contributed by atoms with Gasteiger partial charge in [0.2, 0.25) is 0 Å². The van der Waals surface area contributed by atoms with Crippen LogP contribution in [0.15, 0.2) is 53.5 Å². The summed E-state index contributed by atoms with van der Waals surface area (Å²) in [6.45, 7) is 5.13. The van der Waals surface area contributed by atoms with Gasteiger partial charge >= 0.3 is 0 Å². The molecule has 0 spiro atoms. The number of carbonyl (C=O) groups excluding carboxylic acids is 1. The molecule has 2 aromatic carbocycles. The van der Waals surface area contributed by atoms with E-state index in [2.05, 4.69) is 52.1 Å². The minimum Gasteiger partial charge on any atom is -0.493 e. The van der Waals surface area contributed by atoms with E-state index in [1.165, 1.54) is 5.56 Å². The molecule has 0 aliphatic carbocycles. The Balaban J connectivity index is 1.84. The van der Waals surface area contributed by atoms with Crippen molar-refractivity contribution in [3.63, 3.8) is 0 Å². The van der Waals surface area contributed by atoms with E-state index < -0.39 is 0 Å². The predicted molar refractivity (Wildman–Crippen MR) is 125 cm³/mol. The van der Waals surface area contributed by atoms with Crippen molar-refractivity contribution >= 4 is 11.9 Å². The Morgan fingerprint density at radius 1 is 1.06 bits per heavy atom. The number of guanidine groups is 1.